The lowest BCUT2D eigenvalue weighted by atomic mass is 10.2. The first-order chi connectivity index (χ1) is 10.1. The summed E-state index contributed by atoms with van der Waals surface area (Å²) in [6, 6.07) is 10.6. The third kappa shape index (κ3) is 3.24. The van der Waals surface area contributed by atoms with E-state index >= 15 is 0 Å². The molecule has 21 heavy (non-hydrogen) atoms. The standard InChI is InChI=1S/C15H10Cl2FNS2/c16-10-7-9(18)8-11(17)14(10)19-15(12-3-1-5-20-12)13-4-2-6-21-13/h1-8,15,19H. The second-order valence-corrected chi connectivity index (χ2v) is 7.13. The predicted molar refractivity (Wildman–Crippen MR) is 90.5 cm³/mol. The van der Waals surface area contributed by atoms with Gasteiger partial charge < -0.3 is 5.32 Å². The monoisotopic (exact) mass is 357 g/mol. The average molecular weight is 358 g/mol. The molecule has 6 heteroatoms. The van der Waals surface area contributed by atoms with Crippen LogP contribution in [0.25, 0.3) is 0 Å². The summed E-state index contributed by atoms with van der Waals surface area (Å²) in [4.78, 5) is 2.29. The Bertz CT molecular complexity index is 669. The zero-order valence-corrected chi connectivity index (χ0v) is 13.8. The van der Waals surface area contributed by atoms with Gasteiger partial charge in [0, 0.05) is 9.75 Å². The smallest absolute Gasteiger partial charge is 0.126 e. The van der Waals surface area contributed by atoms with Gasteiger partial charge in [0.25, 0.3) is 0 Å². The van der Waals surface area contributed by atoms with Crippen molar-refractivity contribution in [2.45, 2.75) is 6.04 Å². The number of hydrogen-bond acceptors (Lipinski definition) is 3. The Morgan fingerprint density at radius 1 is 0.952 bits per heavy atom. The fraction of sp³-hybridized carbons (Fsp3) is 0.0667. The summed E-state index contributed by atoms with van der Waals surface area (Å²) in [7, 11) is 0. The van der Waals surface area contributed by atoms with E-state index in [1.165, 1.54) is 12.1 Å². The summed E-state index contributed by atoms with van der Waals surface area (Å²) >= 11 is 15.5. The molecule has 0 fully saturated rings. The lowest BCUT2D eigenvalue weighted by Gasteiger charge is -2.19. The highest BCUT2D eigenvalue weighted by Crippen LogP contribution is 2.38. The highest BCUT2D eigenvalue weighted by atomic mass is 35.5. The largest absolute Gasteiger partial charge is 0.370 e. The highest BCUT2D eigenvalue weighted by molar-refractivity contribution is 7.11. The van der Waals surface area contributed by atoms with Crippen LogP contribution in [0.1, 0.15) is 15.8 Å². The van der Waals surface area contributed by atoms with E-state index in [2.05, 4.69) is 5.32 Å². The van der Waals surface area contributed by atoms with Crippen molar-refractivity contribution < 1.29 is 4.39 Å². The SMILES string of the molecule is Fc1cc(Cl)c(NC(c2cccs2)c2cccs2)c(Cl)c1. The van der Waals surface area contributed by atoms with E-state index in [4.69, 9.17) is 23.2 Å². The van der Waals surface area contributed by atoms with E-state index in [1.807, 2.05) is 35.0 Å². The maximum absolute atomic E-state index is 13.3. The van der Waals surface area contributed by atoms with E-state index in [1.54, 1.807) is 22.7 Å². The van der Waals surface area contributed by atoms with E-state index < -0.39 is 5.82 Å². The number of benzene rings is 1. The molecule has 1 aromatic carbocycles. The highest BCUT2D eigenvalue weighted by Gasteiger charge is 2.19. The van der Waals surface area contributed by atoms with Crippen molar-refractivity contribution in [2.24, 2.45) is 0 Å². The molecular weight excluding hydrogens is 348 g/mol. The lowest BCUT2D eigenvalue weighted by molar-refractivity contribution is 0.628. The number of halogens is 3. The van der Waals surface area contributed by atoms with E-state index in [9.17, 15) is 4.39 Å². The molecule has 3 aromatic rings. The maximum Gasteiger partial charge on any atom is 0.126 e. The van der Waals surface area contributed by atoms with E-state index in [0.717, 1.165) is 9.75 Å². The van der Waals surface area contributed by atoms with Crippen LogP contribution in [0.5, 0.6) is 0 Å². The van der Waals surface area contributed by atoms with Gasteiger partial charge in [0.1, 0.15) is 5.82 Å². The predicted octanol–water partition coefficient (Wildman–Crippen LogP) is 6.46. The minimum Gasteiger partial charge on any atom is -0.370 e. The maximum atomic E-state index is 13.3. The van der Waals surface area contributed by atoms with Crippen molar-refractivity contribution in [3.63, 3.8) is 0 Å². The van der Waals surface area contributed by atoms with Crippen molar-refractivity contribution in [3.8, 4) is 0 Å². The minimum absolute atomic E-state index is 0.0505. The van der Waals surface area contributed by atoms with Gasteiger partial charge in [-0.1, -0.05) is 35.3 Å². The van der Waals surface area contributed by atoms with Crippen LogP contribution >= 0.6 is 45.9 Å². The van der Waals surface area contributed by atoms with Gasteiger partial charge in [-0.15, -0.1) is 22.7 Å². The summed E-state index contributed by atoms with van der Waals surface area (Å²) in [5.41, 5.74) is 0.548. The van der Waals surface area contributed by atoms with Crippen LogP contribution in [0.2, 0.25) is 10.0 Å². The molecule has 0 saturated carbocycles. The number of thiophene rings is 2. The van der Waals surface area contributed by atoms with Gasteiger partial charge in [-0.25, -0.2) is 4.39 Å². The average Bonchev–Trinajstić information content (AvgIpc) is 3.11. The molecule has 0 bridgehead atoms. The van der Waals surface area contributed by atoms with E-state index in [-0.39, 0.29) is 16.1 Å². The zero-order valence-electron chi connectivity index (χ0n) is 10.6. The van der Waals surface area contributed by atoms with Crippen LogP contribution in [0.3, 0.4) is 0 Å². The molecule has 2 aromatic heterocycles. The first-order valence-corrected chi connectivity index (χ1v) is 8.64. The Morgan fingerprint density at radius 3 is 1.90 bits per heavy atom. The van der Waals surface area contributed by atoms with Gasteiger partial charge in [0.2, 0.25) is 0 Å². The van der Waals surface area contributed by atoms with Crippen LogP contribution in [0, 0.1) is 5.82 Å². The zero-order chi connectivity index (χ0) is 14.8. The van der Waals surface area contributed by atoms with Crippen LogP contribution < -0.4 is 5.32 Å². The normalized spacial score (nSPS) is 11.0. The molecule has 2 heterocycles. The van der Waals surface area contributed by atoms with Gasteiger partial charge in [-0.05, 0) is 35.0 Å². The van der Waals surface area contributed by atoms with Crippen molar-refractivity contribution in [2.75, 3.05) is 5.32 Å². The van der Waals surface area contributed by atoms with Gasteiger partial charge in [-0.2, -0.15) is 0 Å². The second-order valence-electron chi connectivity index (χ2n) is 4.35. The lowest BCUT2D eigenvalue weighted by Crippen LogP contribution is -2.10. The Balaban J connectivity index is 2.00. The Labute approximate surface area is 140 Å². The molecule has 3 rings (SSSR count). The van der Waals surface area contributed by atoms with Gasteiger partial charge in [0.05, 0.1) is 21.8 Å². The fourth-order valence-corrected chi connectivity index (χ4v) is 4.25. The van der Waals surface area contributed by atoms with Crippen LogP contribution in [0.4, 0.5) is 10.1 Å². The summed E-state index contributed by atoms with van der Waals surface area (Å²) in [5.74, 6) is -0.445. The van der Waals surface area contributed by atoms with Crippen molar-refractivity contribution in [3.05, 3.63) is 72.8 Å². The first-order valence-electron chi connectivity index (χ1n) is 6.13. The van der Waals surface area contributed by atoms with Gasteiger partial charge in [-0.3, -0.25) is 0 Å². The first kappa shape index (κ1) is 14.9. The number of rotatable bonds is 4. The molecule has 0 radical (unpaired) electrons. The molecule has 0 atom stereocenters. The molecule has 1 nitrogen and oxygen atoms in total. The van der Waals surface area contributed by atoms with Crippen LogP contribution in [-0.2, 0) is 0 Å². The quantitative estimate of drug-likeness (QED) is 0.565. The third-order valence-corrected chi connectivity index (χ3v) is 5.42. The number of anilines is 1. The second kappa shape index (κ2) is 6.36. The van der Waals surface area contributed by atoms with Crippen molar-refractivity contribution >= 4 is 51.6 Å². The molecule has 0 aliphatic rings. The van der Waals surface area contributed by atoms with Crippen molar-refractivity contribution in [1.82, 2.24) is 0 Å². The van der Waals surface area contributed by atoms with Crippen LogP contribution in [-0.4, -0.2) is 0 Å². The minimum atomic E-state index is -0.445. The molecule has 0 aliphatic carbocycles. The number of nitrogens with one attached hydrogen (secondary N) is 1. The molecule has 0 unspecified atom stereocenters. The summed E-state index contributed by atoms with van der Waals surface area (Å²) in [6.45, 7) is 0. The van der Waals surface area contributed by atoms with Gasteiger partial charge in [0.15, 0.2) is 0 Å². The summed E-state index contributed by atoms with van der Waals surface area (Å²) < 4.78 is 13.3. The molecule has 0 saturated heterocycles. The van der Waals surface area contributed by atoms with Crippen LogP contribution in [0.15, 0.2) is 47.2 Å². The summed E-state index contributed by atoms with van der Waals surface area (Å²) in [6.07, 6.45) is 0. The molecular formula is C15H10Cl2FNS2. The fourth-order valence-electron chi connectivity index (χ4n) is 2.02. The molecule has 1 N–H and O–H groups in total. The van der Waals surface area contributed by atoms with E-state index in [0.29, 0.717) is 5.69 Å². The molecule has 0 spiro atoms. The Hall–Kier alpha value is -1.07. The number of hydrogen-bond donors (Lipinski definition) is 1. The van der Waals surface area contributed by atoms with Crippen molar-refractivity contribution in [1.29, 1.82) is 0 Å². The summed E-state index contributed by atoms with van der Waals surface area (Å²) in [5, 5.41) is 7.93. The molecule has 108 valence electrons. The van der Waals surface area contributed by atoms with Gasteiger partial charge >= 0.3 is 0 Å². The topological polar surface area (TPSA) is 12.0 Å². The Kier molecular flexibility index (Phi) is 4.50. The molecule has 0 amide bonds. The Morgan fingerprint density at radius 2 is 1.48 bits per heavy atom. The molecule has 0 aliphatic heterocycles. The third-order valence-electron chi connectivity index (χ3n) is 2.95.